The molecule has 2 fully saturated rings. The summed E-state index contributed by atoms with van der Waals surface area (Å²) in [5.41, 5.74) is 1.24. The van der Waals surface area contributed by atoms with Gasteiger partial charge in [-0.3, -0.25) is 4.99 Å². The first-order valence-electron chi connectivity index (χ1n) is 11.1. The standard InChI is InChI=1S/C23H37N3O3/c1-24-23(26-13-12-20(17-26)18-28-15-14-27-2)25-16-19-8-10-22(11-9-19)29-21-6-4-3-5-7-21/h8-11,20-21H,3-7,12-18H2,1-2H3,(H,24,25). The lowest BCUT2D eigenvalue weighted by Crippen LogP contribution is -2.39. The molecular formula is C23H37N3O3. The Balaban J connectivity index is 1.40. The van der Waals surface area contributed by atoms with E-state index < -0.39 is 0 Å². The van der Waals surface area contributed by atoms with Crippen LogP contribution >= 0.6 is 0 Å². The van der Waals surface area contributed by atoms with E-state index in [0.29, 0.717) is 25.2 Å². The van der Waals surface area contributed by atoms with Crippen molar-refractivity contribution in [2.45, 2.75) is 51.2 Å². The van der Waals surface area contributed by atoms with E-state index in [4.69, 9.17) is 14.2 Å². The molecular weight excluding hydrogens is 366 g/mol. The van der Waals surface area contributed by atoms with Crippen LogP contribution in [-0.2, 0) is 16.0 Å². The van der Waals surface area contributed by atoms with Gasteiger partial charge in [0.05, 0.1) is 25.9 Å². The highest BCUT2D eigenvalue weighted by Crippen LogP contribution is 2.23. The fourth-order valence-electron chi connectivity index (χ4n) is 4.13. The first-order valence-corrected chi connectivity index (χ1v) is 11.1. The Morgan fingerprint density at radius 3 is 2.62 bits per heavy atom. The zero-order chi connectivity index (χ0) is 20.3. The molecule has 0 radical (unpaired) electrons. The number of methoxy groups -OCH3 is 1. The molecule has 1 saturated heterocycles. The highest BCUT2D eigenvalue weighted by Gasteiger charge is 2.24. The van der Waals surface area contributed by atoms with Crippen LogP contribution in [0.3, 0.4) is 0 Å². The molecule has 1 saturated carbocycles. The molecule has 1 aliphatic carbocycles. The average molecular weight is 404 g/mol. The van der Waals surface area contributed by atoms with Crippen LogP contribution in [0.15, 0.2) is 29.3 Å². The summed E-state index contributed by atoms with van der Waals surface area (Å²) in [6.45, 7) is 4.89. The van der Waals surface area contributed by atoms with Crippen LogP contribution in [0.25, 0.3) is 0 Å². The Bertz CT molecular complexity index is 614. The molecule has 1 N–H and O–H groups in total. The third kappa shape index (κ3) is 7.19. The van der Waals surface area contributed by atoms with Gasteiger partial charge < -0.3 is 24.4 Å². The maximum atomic E-state index is 6.13. The maximum Gasteiger partial charge on any atom is 0.193 e. The summed E-state index contributed by atoms with van der Waals surface area (Å²) < 4.78 is 16.8. The second kappa shape index (κ2) is 12.0. The van der Waals surface area contributed by atoms with Gasteiger partial charge in [-0.15, -0.1) is 0 Å². The normalized spacial score (nSPS) is 20.8. The molecule has 1 heterocycles. The van der Waals surface area contributed by atoms with Crippen molar-refractivity contribution < 1.29 is 14.2 Å². The van der Waals surface area contributed by atoms with Gasteiger partial charge in [-0.1, -0.05) is 18.6 Å². The van der Waals surface area contributed by atoms with E-state index in [9.17, 15) is 0 Å². The van der Waals surface area contributed by atoms with Crippen LogP contribution in [0.1, 0.15) is 44.1 Å². The fourth-order valence-corrected chi connectivity index (χ4v) is 4.13. The van der Waals surface area contributed by atoms with Crippen LogP contribution in [0.2, 0.25) is 0 Å². The van der Waals surface area contributed by atoms with Gasteiger partial charge in [-0.2, -0.15) is 0 Å². The minimum atomic E-state index is 0.396. The van der Waals surface area contributed by atoms with Crippen molar-refractivity contribution in [3.05, 3.63) is 29.8 Å². The minimum Gasteiger partial charge on any atom is -0.490 e. The lowest BCUT2D eigenvalue weighted by Gasteiger charge is -2.23. The smallest absolute Gasteiger partial charge is 0.193 e. The van der Waals surface area contributed by atoms with E-state index in [1.807, 2.05) is 7.05 Å². The number of aliphatic imine (C=N–C) groups is 1. The van der Waals surface area contributed by atoms with Crippen LogP contribution in [0, 0.1) is 5.92 Å². The van der Waals surface area contributed by atoms with Crippen LogP contribution in [0.5, 0.6) is 5.75 Å². The highest BCUT2D eigenvalue weighted by atomic mass is 16.5. The van der Waals surface area contributed by atoms with Gasteiger partial charge in [0.2, 0.25) is 0 Å². The Morgan fingerprint density at radius 2 is 1.90 bits per heavy atom. The Labute approximate surface area is 175 Å². The average Bonchev–Trinajstić information content (AvgIpc) is 3.22. The van der Waals surface area contributed by atoms with E-state index in [-0.39, 0.29) is 0 Å². The van der Waals surface area contributed by atoms with Gasteiger partial charge in [0.1, 0.15) is 5.75 Å². The number of hydrogen-bond acceptors (Lipinski definition) is 4. The molecule has 2 aliphatic rings. The number of nitrogens with zero attached hydrogens (tertiary/aromatic N) is 2. The maximum absolute atomic E-state index is 6.13. The molecule has 29 heavy (non-hydrogen) atoms. The zero-order valence-electron chi connectivity index (χ0n) is 18.1. The summed E-state index contributed by atoms with van der Waals surface area (Å²) in [6.07, 6.45) is 7.85. The van der Waals surface area contributed by atoms with E-state index in [1.54, 1.807) is 7.11 Å². The van der Waals surface area contributed by atoms with Crippen molar-refractivity contribution in [2.24, 2.45) is 10.9 Å². The molecule has 6 heteroatoms. The monoisotopic (exact) mass is 403 g/mol. The van der Waals surface area contributed by atoms with Crippen LogP contribution in [0.4, 0.5) is 0 Å². The summed E-state index contributed by atoms with van der Waals surface area (Å²) >= 11 is 0. The molecule has 1 aromatic carbocycles. The molecule has 1 atom stereocenters. The van der Waals surface area contributed by atoms with E-state index in [2.05, 4.69) is 39.5 Å². The van der Waals surface area contributed by atoms with Crippen molar-refractivity contribution >= 4 is 5.96 Å². The lowest BCUT2D eigenvalue weighted by molar-refractivity contribution is 0.0536. The Morgan fingerprint density at radius 1 is 1.10 bits per heavy atom. The molecule has 0 spiro atoms. The molecule has 1 unspecified atom stereocenters. The van der Waals surface area contributed by atoms with Gasteiger partial charge in [0.25, 0.3) is 0 Å². The van der Waals surface area contributed by atoms with E-state index >= 15 is 0 Å². The van der Waals surface area contributed by atoms with Crippen LogP contribution < -0.4 is 10.1 Å². The molecule has 6 nitrogen and oxygen atoms in total. The summed E-state index contributed by atoms with van der Waals surface area (Å²) in [4.78, 5) is 6.79. The van der Waals surface area contributed by atoms with Gasteiger partial charge in [-0.05, 0) is 49.8 Å². The molecule has 162 valence electrons. The SMILES string of the molecule is CN=C(NCc1ccc(OC2CCCCC2)cc1)N1CCC(COCCOC)C1. The Kier molecular flexibility index (Phi) is 9.09. The number of likely N-dealkylation sites (tertiary alicyclic amines) is 1. The first kappa shape index (κ1) is 21.9. The quantitative estimate of drug-likeness (QED) is 0.389. The van der Waals surface area contributed by atoms with E-state index in [0.717, 1.165) is 44.4 Å². The number of guanidine groups is 1. The predicted molar refractivity (Wildman–Crippen MR) is 117 cm³/mol. The molecule has 1 aromatic rings. The molecule has 1 aliphatic heterocycles. The number of benzene rings is 1. The van der Waals surface area contributed by atoms with Crippen molar-refractivity contribution in [1.29, 1.82) is 0 Å². The van der Waals surface area contributed by atoms with Crippen molar-refractivity contribution in [3.8, 4) is 5.75 Å². The second-order valence-corrected chi connectivity index (χ2v) is 8.09. The molecule has 0 amide bonds. The summed E-state index contributed by atoms with van der Waals surface area (Å²) in [5, 5.41) is 3.50. The number of ether oxygens (including phenoxy) is 3. The summed E-state index contributed by atoms with van der Waals surface area (Å²) in [6, 6.07) is 8.49. The topological polar surface area (TPSA) is 55.3 Å². The zero-order valence-corrected chi connectivity index (χ0v) is 18.1. The summed E-state index contributed by atoms with van der Waals surface area (Å²) in [5.74, 6) is 2.51. The van der Waals surface area contributed by atoms with E-state index in [1.165, 1.54) is 37.7 Å². The highest BCUT2D eigenvalue weighted by molar-refractivity contribution is 5.80. The second-order valence-electron chi connectivity index (χ2n) is 8.09. The number of nitrogens with one attached hydrogen (secondary N) is 1. The van der Waals surface area contributed by atoms with Crippen molar-refractivity contribution in [1.82, 2.24) is 10.2 Å². The Hall–Kier alpha value is -1.79. The van der Waals surface area contributed by atoms with Gasteiger partial charge in [0, 0.05) is 39.7 Å². The minimum absolute atomic E-state index is 0.396. The third-order valence-electron chi connectivity index (χ3n) is 5.81. The molecule has 0 aromatic heterocycles. The van der Waals surface area contributed by atoms with Gasteiger partial charge >= 0.3 is 0 Å². The largest absolute Gasteiger partial charge is 0.490 e. The van der Waals surface area contributed by atoms with Crippen molar-refractivity contribution in [3.63, 3.8) is 0 Å². The lowest BCUT2D eigenvalue weighted by atomic mass is 9.98. The third-order valence-corrected chi connectivity index (χ3v) is 5.81. The fraction of sp³-hybridized carbons (Fsp3) is 0.696. The summed E-state index contributed by atoms with van der Waals surface area (Å²) in [7, 11) is 3.56. The van der Waals surface area contributed by atoms with Crippen LogP contribution in [-0.4, -0.2) is 64.0 Å². The van der Waals surface area contributed by atoms with Gasteiger partial charge in [-0.25, -0.2) is 0 Å². The number of rotatable bonds is 9. The first-order chi connectivity index (χ1) is 14.3. The van der Waals surface area contributed by atoms with Gasteiger partial charge in [0.15, 0.2) is 5.96 Å². The molecule has 3 rings (SSSR count). The van der Waals surface area contributed by atoms with Crippen molar-refractivity contribution in [2.75, 3.05) is 47.1 Å². The predicted octanol–water partition coefficient (Wildman–Crippen LogP) is 3.46. The molecule has 0 bridgehead atoms. The number of hydrogen-bond donors (Lipinski definition) is 1.